The van der Waals surface area contributed by atoms with Crippen LogP contribution in [0, 0.1) is 0 Å². The lowest BCUT2D eigenvalue weighted by Crippen LogP contribution is -2.29. The molecular weight excluding hydrogens is 170 g/mol. The Morgan fingerprint density at radius 3 is 2.82 bits per heavy atom. The standard InChI is InChI=1S/C6H10F2N2S/c1-3-2-4(5(7)8)11-6(9)10-3/h3-5H,2H2,1H3,(H2,9,10)/t3-,4?/m0/s1. The van der Waals surface area contributed by atoms with Crippen LogP contribution in [0.3, 0.4) is 0 Å². The molecule has 0 aliphatic carbocycles. The fraction of sp³-hybridized carbons (Fsp3) is 0.833. The first-order valence-corrected chi connectivity index (χ1v) is 4.25. The molecule has 5 heteroatoms. The molecular formula is C6H10F2N2S. The highest BCUT2D eigenvalue weighted by atomic mass is 32.2. The minimum absolute atomic E-state index is 0.0600. The number of hydrogen-bond acceptors (Lipinski definition) is 3. The molecule has 2 atom stereocenters. The zero-order valence-corrected chi connectivity index (χ0v) is 6.94. The van der Waals surface area contributed by atoms with Gasteiger partial charge in [-0.05, 0) is 13.3 Å². The average Bonchev–Trinajstić information content (AvgIpc) is 1.85. The first-order valence-electron chi connectivity index (χ1n) is 3.37. The van der Waals surface area contributed by atoms with Crippen molar-refractivity contribution in [2.24, 2.45) is 10.7 Å². The van der Waals surface area contributed by atoms with Gasteiger partial charge in [-0.3, -0.25) is 4.99 Å². The summed E-state index contributed by atoms with van der Waals surface area (Å²) in [7, 11) is 0. The Bertz CT molecular complexity index is 172. The molecule has 0 aromatic carbocycles. The highest BCUT2D eigenvalue weighted by molar-refractivity contribution is 8.14. The quantitative estimate of drug-likeness (QED) is 0.663. The van der Waals surface area contributed by atoms with Gasteiger partial charge in [-0.1, -0.05) is 11.8 Å². The van der Waals surface area contributed by atoms with Crippen LogP contribution in [-0.4, -0.2) is 22.9 Å². The minimum atomic E-state index is -2.29. The van der Waals surface area contributed by atoms with Crippen molar-refractivity contribution in [2.75, 3.05) is 0 Å². The van der Waals surface area contributed by atoms with Crippen molar-refractivity contribution in [2.45, 2.75) is 31.1 Å². The van der Waals surface area contributed by atoms with Crippen molar-refractivity contribution in [1.29, 1.82) is 0 Å². The number of amidine groups is 1. The summed E-state index contributed by atoms with van der Waals surface area (Å²) in [6.45, 7) is 1.79. The Hall–Kier alpha value is -0.320. The molecule has 2 N–H and O–H groups in total. The molecule has 0 aromatic heterocycles. The van der Waals surface area contributed by atoms with E-state index in [1.165, 1.54) is 0 Å². The van der Waals surface area contributed by atoms with Gasteiger partial charge >= 0.3 is 0 Å². The minimum Gasteiger partial charge on any atom is -0.379 e. The van der Waals surface area contributed by atoms with E-state index in [9.17, 15) is 8.78 Å². The third-order valence-corrected chi connectivity index (χ3v) is 2.52. The zero-order valence-electron chi connectivity index (χ0n) is 6.13. The van der Waals surface area contributed by atoms with E-state index in [4.69, 9.17) is 5.73 Å². The predicted octanol–water partition coefficient (Wildman–Crippen LogP) is 1.46. The van der Waals surface area contributed by atoms with E-state index in [1.807, 2.05) is 0 Å². The van der Waals surface area contributed by atoms with Crippen LogP contribution in [0.4, 0.5) is 8.78 Å². The van der Waals surface area contributed by atoms with Crippen LogP contribution in [0.15, 0.2) is 4.99 Å². The van der Waals surface area contributed by atoms with Crippen molar-refractivity contribution >= 4 is 16.9 Å². The normalized spacial score (nSPS) is 32.2. The molecule has 0 bridgehead atoms. The Morgan fingerprint density at radius 1 is 1.73 bits per heavy atom. The molecule has 1 heterocycles. The lowest BCUT2D eigenvalue weighted by atomic mass is 10.2. The van der Waals surface area contributed by atoms with Crippen LogP contribution in [0.2, 0.25) is 0 Å². The van der Waals surface area contributed by atoms with Gasteiger partial charge in [0.2, 0.25) is 0 Å². The lowest BCUT2D eigenvalue weighted by molar-refractivity contribution is 0.139. The largest absolute Gasteiger partial charge is 0.379 e. The van der Waals surface area contributed by atoms with Gasteiger partial charge in [-0.15, -0.1) is 0 Å². The summed E-state index contributed by atoms with van der Waals surface area (Å²) in [6.07, 6.45) is -1.88. The highest BCUT2D eigenvalue weighted by Crippen LogP contribution is 2.28. The fourth-order valence-electron chi connectivity index (χ4n) is 0.994. The number of nitrogens with two attached hydrogens (primary N) is 1. The van der Waals surface area contributed by atoms with E-state index in [2.05, 4.69) is 4.99 Å². The average molecular weight is 180 g/mol. The summed E-state index contributed by atoms with van der Waals surface area (Å²) in [5.41, 5.74) is 5.33. The second-order valence-corrected chi connectivity index (χ2v) is 3.80. The molecule has 11 heavy (non-hydrogen) atoms. The van der Waals surface area contributed by atoms with E-state index in [1.54, 1.807) is 6.92 Å². The van der Waals surface area contributed by atoms with Gasteiger partial charge in [0.05, 0.1) is 11.3 Å². The lowest BCUT2D eigenvalue weighted by Gasteiger charge is -2.22. The topological polar surface area (TPSA) is 38.4 Å². The molecule has 0 spiro atoms. The molecule has 2 nitrogen and oxygen atoms in total. The van der Waals surface area contributed by atoms with Crippen LogP contribution in [0.5, 0.6) is 0 Å². The van der Waals surface area contributed by atoms with E-state index in [0.717, 1.165) is 11.8 Å². The summed E-state index contributed by atoms with van der Waals surface area (Å²) in [4.78, 5) is 3.94. The van der Waals surface area contributed by atoms with E-state index >= 15 is 0 Å². The van der Waals surface area contributed by atoms with E-state index in [0.29, 0.717) is 6.42 Å². The number of aliphatic imine (C=N–C) groups is 1. The Morgan fingerprint density at radius 2 is 2.36 bits per heavy atom. The first-order chi connectivity index (χ1) is 5.09. The molecule has 1 unspecified atom stereocenters. The molecule has 0 aromatic rings. The number of rotatable bonds is 1. The second-order valence-electron chi connectivity index (χ2n) is 2.54. The molecule has 0 saturated carbocycles. The monoisotopic (exact) mass is 180 g/mol. The smallest absolute Gasteiger partial charge is 0.250 e. The van der Waals surface area contributed by atoms with Crippen molar-refractivity contribution in [3.8, 4) is 0 Å². The highest BCUT2D eigenvalue weighted by Gasteiger charge is 2.27. The zero-order chi connectivity index (χ0) is 8.43. The number of halogens is 2. The molecule has 0 saturated heterocycles. The first kappa shape index (κ1) is 8.77. The van der Waals surface area contributed by atoms with Gasteiger partial charge in [0, 0.05) is 0 Å². The maximum Gasteiger partial charge on any atom is 0.250 e. The SMILES string of the molecule is C[C@H]1CC(C(F)F)SC(N)=N1. The molecule has 0 fully saturated rings. The third-order valence-electron chi connectivity index (χ3n) is 1.47. The molecule has 0 radical (unpaired) electrons. The van der Waals surface area contributed by atoms with Crippen molar-refractivity contribution in [3.63, 3.8) is 0 Å². The van der Waals surface area contributed by atoms with Gasteiger partial charge in [-0.25, -0.2) is 8.78 Å². The van der Waals surface area contributed by atoms with Crippen LogP contribution in [-0.2, 0) is 0 Å². The van der Waals surface area contributed by atoms with Gasteiger partial charge in [0.1, 0.15) is 0 Å². The summed E-state index contributed by atoms with van der Waals surface area (Å²) >= 11 is 0.976. The van der Waals surface area contributed by atoms with Crippen molar-refractivity contribution in [1.82, 2.24) is 0 Å². The molecule has 1 rings (SSSR count). The number of nitrogens with zero attached hydrogens (tertiary/aromatic N) is 1. The summed E-state index contributed by atoms with van der Waals surface area (Å²) in [6, 6.07) is -0.0600. The van der Waals surface area contributed by atoms with Crippen LogP contribution >= 0.6 is 11.8 Å². The molecule has 64 valence electrons. The van der Waals surface area contributed by atoms with Crippen LogP contribution in [0.1, 0.15) is 13.3 Å². The third kappa shape index (κ3) is 2.32. The van der Waals surface area contributed by atoms with Gasteiger partial charge in [0.25, 0.3) is 6.43 Å². The molecule has 1 aliphatic rings. The number of thioether (sulfide) groups is 1. The summed E-state index contributed by atoms with van der Waals surface area (Å²) in [5, 5.41) is -0.378. The maximum atomic E-state index is 12.1. The fourth-order valence-corrected chi connectivity index (χ4v) is 2.02. The summed E-state index contributed by atoms with van der Waals surface area (Å²) in [5.74, 6) is 0. The van der Waals surface area contributed by atoms with Gasteiger partial charge < -0.3 is 5.73 Å². The maximum absolute atomic E-state index is 12.1. The number of alkyl halides is 2. The predicted molar refractivity (Wildman–Crippen MR) is 43.1 cm³/mol. The number of hydrogen-bond donors (Lipinski definition) is 1. The summed E-state index contributed by atoms with van der Waals surface area (Å²) < 4.78 is 24.3. The van der Waals surface area contributed by atoms with E-state index < -0.39 is 11.7 Å². The molecule has 0 amide bonds. The van der Waals surface area contributed by atoms with Crippen LogP contribution < -0.4 is 5.73 Å². The van der Waals surface area contributed by atoms with Gasteiger partial charge in [-0.2, -0.15) is 0 Å². The van der Waals surface area contributed by atoms with Gasteiger partial charge in [0.15, 0.2) is 5.17 Å². The van der Waals surface area contributed by atoms with Crippen molar-refractivity contribution in [3.05, 3.63) is 0 Å². The molecule has 1 aliphatic heterocycles. The second kappa shape index (κ2) is 3.38. The van der Waals surface area contributed by atoms with Crippen LogP contribution in [0.25, 0.3) is 0 Å². The van der Waals surface area contributed by atoms with Crippen molar-refractivity contribution < 1.29 is 8.78 Å². The van der Waals surface area contributed by atoms with E-state index in [-0.39, 0.29) is 11.2 Å². The Balaban J connectivity index is 2.57. The Kier molecular flexibility index (Phi) is 2.70. The Labute approximate surface area is 68.2 Å².